The average molecular weight is 409 g/mol. The van der Waals surface area contributed by atoms with Gasteiger partial charge in [0.05, 0.1) is 28.1 Å². The first-order valence-electron chi connectivity index (χ1n) is 10.6. The number of aromatic nitrogens is 3. The third-order valence-electron chi connectivity index (χ3n) is 5.73. The van der Waals surface area contributed by atoms with Crippen LogP contribution in [0, 0.1) is 0 Å². The molecule has 0 saturated carbocycles. The molecule has 3 nitrogen and oxygen atoms in total. The van der Waals surface area contributed by atoms with Crippen LogP contribution in [0.25, 0.3) is 55.6 Å². The second-order valence-electron chi connectivity index (χ2n) is 7.73. The van der Waals surface area contributed by atoms with Gasteiger partial charge in [0.2, 0.25) is 0 Å². The predicted molar refractivity (Wildman–Crippen MR) is 131 cm³/mol. The predicted octanol–water partition coefficient (Wildman–Crippen LogP) is 7.18. The Morgan fingerprint density at radius 2 is 1.12 bits per heavy atom. The first kappa shape index (κ1) is 18.4. The fraction of sp³-hybridized carbons (Fsp3) is 0. The van der Waals surface area contributed by atoms with Crippen molar-refractivity contribution in [1.29, 1.82) is 0 Å². The largest absolute Gasteiger partial charge is 0.256 e. The summed E-state index contributed by atoms with van der Waals surface area (Å²) < 4.78 is 0. The topological polar surface area (TPSA) is 38.7 Å². The lowest BCUT2D eigenvalue weighted by atomic mass is 9.97. The van der Waals surface area contributed by atoms with Gasteiger partial charge in [0.1, 0.15) is 0 Å². The van der Waals surface area contributed by atoms with Gasteiger partial charge in [0, 0.05) is 22.9 Å². The summed E-state index contributed by atoms with van der Waals surface area (Å²) in [4.78, 5) is 14.6. The summed E-state index contributed by atoms with van der Waals surface area (Å²) in [6.45, 7) is 0. The molecule has 0 saturated heterocycles. The normalized spacial score (nSPS) is 11.1. The second kappa shape index (κ2) is 7.71. The molecule has 3 heteroatoms. The standard InChI is InChI=1S/C29H19N3/c1-2-10-23-20(8-1)9-7-11-24(23)29-28(31-26-13-3-4-14-27(26)32-29)22-17-15-21(16-18-22)25-12-5-6-19-30-25/h1-19H. The maximum Gasteiger partial charge on any atom is 0.0979 e. The minimum atomic E-state index is 0.882. The average Bonchev–Trinajstić information content (AvgIpc) is 2.88. The maximum absolute atomic E-state index is 5.08. The Morgan fingerprint density at radius 1 is 0.469 bits per heavy atom. The smallest absolute Gasteiger partial charge is 0.0979 e. The number of nitrogens with zero attached hydrogens (tertiary/aromatic N) is 3. The molecule has 6 rings (SSSR count). The van der Waals surface area contributed by atoms with Gasteiger partial charge >= 0.3 is 0 Å². The first-order chi connectivity index (χ1) is 15.9. The summed E-state index contributed by atoms with van der Waals surface area (Å²) in [6, 6.07) is 37.2. The molecular weight excluding hydrogens is 390 g/mol. The van der Waals surface area contributed by atoms with Crippen molar-refractivity contribution in [3.8, 4) is 33.8 Å². The minimum absolute atomic E-state index is 0.882. The highest BCUT2D eigenvalue weighted by Crippen LogP contribution is 2.35. The van der Waals surface area contributed by atoms with E-state index in [0.717, 1.165) is 44.8 Å². The fourth-order valence-corrected chi connectivity index (χ4v) is 4.15. The van der Waals surface area contributed by atoms with E-state index < -0.39 is 0 Å². The van der Waals surface area contributed by atoms with Gasteiger partial charge in [0.15, 0.2) is 0 Å². The van der Waals surface area contributed by atoms with E-state index in [1.54, 1.807) is 0 Å². The third kappa shape index (κ3) is 3.21. The van der Waals surface area contributed by atoms with Crippen LogP contribution in [0.1, 0.15) is 0 Å². The van der Waals surface area contributed by atoms with E-state index in [4.69, 9.17) is 9.97 Å². The molecule has 4 aromatic carbocycles. The quantitative estimate of drug-likeness (QED) is 0.311. The van der Waals surface area contributed by atoms with Crippen molar-refractivity contribution in [3.05, 3.63) is 115 Å². The van der Waals surface area contributed by atoms with Crippen LogP contribution < -0.4 is 0 Å². The van der Waals surface area contributed by atoms with E-state index in [9.17, 15) is 0 Å². The van der Waals surface area contributed by atoms with Crippen molar-refractivity contribution < 1.29 is 0 Å². The number of para-hydroxylation sites is 2. The third-order valence-corrected chi connectivity index (χ3v) is 5.73. The summed E-state index contributed by atoms with van der Waals surface area (Å²) >= 11 is 0. The number of benzene rings is 4. The molecule has 2 heterocycles. The Morgan fingerprint density at radius 3 is 1.91 bits per heavy atom. The van der Waals surface area contributed by atoms with Crippen LogP contribution in [0.3, 0.4) is 0 Å². The van der Waals surface area contributed by atoms with Crippen LogP contribution in [0.15, 0.2) is 115 Å². The van der Waals surface area contributed by atoms with E-state index in [2.05, 4.69) is 71.7 Å². The van der Waals surface area contributed by atoms with Gasteiger partial charge in [-0.1, -0.05) is 84.9 Å². The van der Waals surface area contributed by atoms with Gasteiger partial charge in [-0.2, -0.15) is 0 Å². The molecule has 0 aliphatic carbocycles. The summed E-state index contributed by atoms with van der Waals surface area (Å²) in [6.07, 6.45) is 1.82. The SMILES string of the molecule is c1ccc(-c2ccc(-c3nc4ccccc4nc3-c3cccc4ccccc34)cc2)nc1. The molecule has 0 N–H and O–H groups in total. The Kier molecular flexibility index (Phi) is 4.43. The molecule has 150 valence electrons. The lowest BCUT2D eigenvalue weighted by Crippen LogP contribution is -1.96. The lowest BCUT2D eigenvalue weighted by molar-refractivity contribution is 1.29. The lowest BCUT2D eigenvalue weighted by Gasteiger charge is -2.13. The van der Waals surface area contributed by atoms with Crippen LogP contribution in [-0.2, 0) is 0 Å². The Bertz CT molecular complexity index is 1550. The Hall–Kier alpha value is -4.37. The highest BCUT2D eigenvalue weighted by Gasteiger charge is 2.15. The van der Waals surface area contributed by atoms with Gasteiger partial charge in [-0.05, 0) is 35.0 Å². The monoisotopic (exact) mass is 409 g/mol. The van der Waals surface area contributed by atoms with E-state index in [1.165, 1.54) is 10.8 Å². The van der Waals surface area contributed by atoms with Crippen molar-refractivity contribution in [2.24, 2.45) is 0 Å². The molecular formula is C29H19N3. The van der Waals surface area contributed by atoms with Crippen molar-refractivity contribution in [1.82, 2.24) is 15.0 Å². The van der Waals surface area contributed by atoms with Crippen LogP contribution in [0.5, 0.6) is 0 Å². The van der Waals surface area contributed by atoms with E-state index in [0.29, 0.717) is 0 Å². The molecule has 0 spiro atoms. The Labute approximate surface area is 186 Å². The van der Waals surface area contributed by atoms with E-state index >= 15 is 0 Å². The summed E-state index contributed by atoms with van der Waals surface area (Å²) in [7, 11) is 0. The molecule has 32 heavy (non-hydrogen) atoms. The summed E-state index contributed by atoms with van der Waals surface area (Å²) in [5.41, 5.74) is 7.71. The highest BCUT2D eigenvalue weighted by molar-refractivity contribution is 6.00. The van der Waals surface area contributed by atoms with Crippen molar-refractivity contribution in [2.75, 3.05) is 0 Å². The molecule has 0 aliphatic rings. The molecule has 2 aromatic heterocycles. The number of fused-ring (bicyclic) bond motifs is 2. The van der Waals surface area contributed by atoms with Crippen LogP contribution in [0.2, 0.25) is 0 Å². The highest BCUT2D eigenvalue weighted by atomic mass is 14.8. The van der Waals surface area contributed by atoms with Crippen LogP contribution in [0.4, 0.5) is 0 Å². The van der Waals surface area contributed by atoms with E-state index in [1.807, 2.05) is 48.7 Å². The van der Waals surface area contributed by atoms with Crippen LogP contribution >= 0.6 is 0 Å². The summed E-state index contributed by atoms with van der Waals surface area (Å²) in [5, 5.41) is 2.36. The fourth-order valence-electron chi connectivity index (χ4n) is 4.15. The molecule has 0 unspecified atom stereocenters. The molecule has 0 atom stereocenters. The van der Waals surface area contributed by atoms with Gasteiger partial charge in [-0.15, -0.1) is 0 Å². The minimum Gasteiger partial charge on any atom is -0.256 e. The summed E-state index contributed by atoms with van der Waals surface area (Å²) in [5.74, 6) is 0. The first-order valence-corrected chi connectivity index (χ1v) is 10.6. The zero-order valence-corrected chi connectivity index (χ0v) is 17.3. The van der Waals surface area contributed by atoms with Gasteiger partial charge in [0.25, 0.3) is 0 Å². The molecule has 0 aliphatic heterocycles. The number of pyridine rings is 1. The van der Waals surface area contributed by atoms with E-state index in [-0.39, 0.29) is 0 Å². The van der Waals surface area contributed by atoms with Gasteiger partial charge in [-0.25, -0.2) is 9.97 Å². The van der Waals surface area contributed by atoms with Crippen molar-refractivity contribution in [3.63, 3.8) is 0 Å². The maximum atomic E-state index is 5.08. The molecule has 0 fully saturated rings. The second-order valence-corrected chi connectivity index (χ2v) is 7.73. The number of rotatable bonds is 3. The van der Waals surface area contributed by atoms with Crippen LogP contribution in [-0.4, -0.2) is 15.0 Å². The number of hydrogen-bond donors (Lipinski definition) is 0. The molecule has 0 radical (unpaired) electrons. The van der Waals surface area contributed by atoms with Gasteiger partial charge < -0.3 is 0 Å². The van der Waals surface area contributed by atoms with Crippen molar-refractivity contribution in [2.45, 2.75) is 0 Å². The molecule has 6 aromatic rings. The Balaban J connectivity index is 1.58. The number of hydrogen-bond acceptors (Lipinski definition) is 3. The molecule has 0 bridgehead atoms. The zero-order valence-electron chi connectivity index (χ0n) is 17.3. The van der Waals surface area contributed by atoms with Gasteiger partial charge in [-0.3, -0.25) is 4.98 Å². The van der Waals surface area contributed by atoms with Crippen molar-refractivity contribution >= 4 is 21.8 Å². The zero-order chi connectivity index (χ0) is 21.3. The molecule has 0 amide bonds.